The molecular weight excluding hydrogens is 478 g/mol. The summed E-state index contributed by atoms with van der Waals surface area (Å²) in [7, 11) is -2.16. The first-order chi connectivity index (χ1) is 17.2. The van der Waals surface area contributed by atoms with E-state index in [0.29, 0.717) is 12.1 Å². The summed E-state index contributed by atoms with van der Waals surface area (Å²) >= 11 is 0. The van der Waals surface area contributed by atoms with Crippen LogP contribution in [0.15, 0.2) is 47.6 Å². The van der Waals surface area contributed by atoms with E-state index in [0.717, 1.165) is 24.8 Å². The van der Waals surface area contributed by atoms with Crippen LogP contribution < -0.4 is 4.74 Å². The minimum Gasteiger partial charge on any atom is -0.487 e. The number of nitrogens with zero attached hydrogens (tertiary/aromatic N) is 3. The first-order valence-electron chi connectivity index (χ1n) is 12.3. The van der Waals surface area contributed by atoms with E-state index in [1.807, 2.05) is 6.92 Å². The Morgan fingerprint density at radius 2 is 1.92 bits per heavy atom. The minimum atomic E-state index is -3.94. The molecule has 0 radical (unpaired) electrons. The minimum absolute atomic E-state index is 0.0298. The largest absolute Gasteiger partial charge is 0.487 e. The van der Waals surface area contributed by atoms with Crippen LogP contribution in [0.25, 0.3) is 0 Å². The first-order valence-corrected chi connectivity index (χ1v) is 13.7. The third-order valence-corrected chi connectivity index (χ3v) is 9.00. The number of rotatable bonds is 5. The van der Waals surface area contributed by atoms with Crippen molar-refractivity contribution in [3.05, 3.63) is 53.9 Å². The Morgan fingerprint density at radius 3 is 2.56 bits per heavy atom. The van der Waals surface area contributed by atoms with Crippen LogP contribution in [0.4, 0.5) is 0 Å². The maximum atomic E-state index is 13.6. The van der Waals surface area contributed by atoms with Gasteiger partial charge in [0.05, 0.1) is 13.2 Å². The first kappa shape index (κ1) is 26.1. The molecular formula is C27H33N3O5S. The van der Waals surface area contributed by atoms with Crippen molar-refractivity contribution in [2.75, 3.05) is 26.7 Å². The second-order valence-corrected chi connectivity index (χ2v) is 11.6. The molecule has 1 aliphatic carbocycles. The Morgan fingerprint density at radius 1 is 1.22 bits per heavy atom. The average molecular weight is 512 g/mol. The zero-order valence-electron chi connectivity index (χ0n) is 20.9. The molecule has 1 aromatic heterocycles. The summed E-state index contributed by atoms with van der Waals surface area (Å²) in [6.45, 7) is 3.80. The lowest BCUT2D eigenvalue weighted by molar-refractivity contribution is -0.138. The van der Waals surface area contributed by atoms with Crippen molar-refractivity contribution in [2.45, 2.75) is 50.2 Å². The Kier molecular flexibility index (Phi) is 7.98. The van der Waals surface area contributed by atoms with Crippen molar-refractivity contribution in [1.29, 1.82) is 0 Å². The van der Waals surface area contributed by atoms with E-state index in [1.165, 1.54) is 10.4 Å². The average Bonchev–Trinajstić information content (AvgIpc) is 2.83. The highest BCUT2D eigenvalue weighted by atomic mass is 32.2. The summed E-state index contributed by atoms with van der Waals surface area (Å²) in [5, 5.41) is 9.80. The van der Waals surface area contributed by atoms with Gasteiger partial charge in [0.15, 0.2) is 0 Å². The number of sulfonamides is 1. The second-order valence-electron chi connectivity index (χ2n) is 9.73. The number of aliphatic hydroxyl groups excluding tert-OH is 1. The van der Waals surface area contributed by atoms with Crippen molar-refractivity contribution >= 4 is 15.9 Å². The number of benzene rings is 1. The van der Waals surface area contributed by atoms with Crippen LogP contribution in [0.2, 0.25) is 0 Å². The van der Waals surface area contributed by atoms with Gasteiger partial charge in [0.2, 0.25) is 15.9 Å². The maximum Gasteiger partial charge on any atom is 0.247 e. The number of carbonyl (C=O) groups excluding carboxylic acids is 1. The van der Waals surface area contributed by atoms with Gasteiger partial charge in [-0.15, -0.1) is 0 Å². The maximum absolute atomic E-state index is 13.6. The Hall–Kier alpha value is -2.93. The molecule has 9 heteroatoms. The molecule has 1 aromatic carbocycles. The van der Waals surface area contributed by atoms with Gasteiger partial charge >= 0.3 is 0 Å². The van der Waals surface area contributed by atoms with Gasteiger partial charge in [0, 0.05) is 55.0 Å². The molecule has 3 atom stereocenters. The summed E-state index contributed by atoms with van der Waals surface area (Å²) < 4.78 is 34.9. The fraction of sp³-hybridized carbons (Fsp3) is 0.481. The lowest BCUT2D eigenvalue weighted by Crippen LogP contribution is -2.50. The van der Waals surface area contributed by atoms with E-state index in [-0.39, 0.29) is 41.5 Å². The number of fused-ring (bicyclic) bond motifs is 1. The smallest absolute Gasteiger partial charge is 0.247 e. The molecule has 36 heavy (non-hydrogen) atoms. The topological polar surface area (TPSA) is 100 Å². The van der Waals surface area contributed by atoms with Gasteiger partial charge in [0.25, 0.3) is 0 Å². The highest BCUT2D eigenvalue weighted by molar-refractivity contribution is 7.89. The molecule has 1 saturated carbocycles. The zero-order chi connectivity index (χ0) is 25.9. The molecule has 8 nitrogen and oxygen atoms in total. The third kappa shape index (κ3) is 5.56. The second kappa shape index (κ2) is 11.0. The van der Waals surface area contributed by atoms with E-state index < -0.39 is 22.2 Å². The van der Waals surface area contributed by atoms with Crippen LogP contribution in [-0.4, -0.2) is 72.5 Å². The number of pyridine rings is 1. The number of likely N-dealkylation sites (N-methyl/N-ethyl adjacent to an activating group) is 1. The molecule has 1 N–H and O–H groups in total. The standard InChI is InChI=1S/C27H33N3O5S/c1-19-16-30(20(2)18-31)36(33,34)26-10-9-22(8-7-21-11-13-28-14-12-21)15-24(26)35-25(19)17-29(3)27(32)23-5-4-6-23/h9-15,19-20,23,25,31H,4-6,16-18H2,1-3H3/t19-,20+,25-/m0/s1. The summed E-state index contributed by atoms with van der Waals surface area (Å²) in [4.78, 5) is 18.5. The quantitative estimate of drug-likeness (QED) is 0.620. The predicted octanol–water partition coefficient (Wildman–Crippen LogP) is 2.51. The number of hydrogen-bond acceptors (Lipinski definition) is 6. The van der Waals surface area contributed by atoms with Gasteiger partial charge in [-0.3, -0.25) is 9.78 Å². The Labute approximate surface area is 213 Å². The van der Waals surface area contributed by atoms with E-state index >= 15 is 0 Å². The van der Waals surface area contributed by atoms with Crippen molar-refractivity contribution in [3.63, 3.8) is 0 Å². The van der Waals surface area contributed by atoms with Gasteiger partial charge in [-0.05, 0) is 50.1 Å². The molecule has 1 amide bonds. The molecule has 0 bridgehead atoms. The number of hydrogen-bond donors (Lipinski definition) is 1. The highest BCUT2D eigenvalue weighted by Crippen LogP contribution is 2.35. The van der Waals surface area contributed by atoms with E-state index in [2.05, 4.69) is 16.8 Å². The third-order valence-electron chi connectivity index (χ3n) is 6.98. The molecule has 4 rings (SSSR count). The number of amides is 1. The number of carbonyl (C=O) groups is 1. The number of aromatic nitrogens is 1. The van der Waals surface area contributed by atoms with E-state index in [4.69, 9.17) is 4.74 Å². The molecule has 0 unspecified atom stereocenters. The molecule has 0 saturated heterocycles. The highest BCUT2D eigenvalue weighted by Gasteiger charge is 2.39. The number of ether oxygens (including phenoxy) is 1. The van der Waals surface area contributed by atoms with Gasteiger partial charge in [-0.25, -0.2) is 8.42 Å². The Bertz CT molecular complexity index is 1250. The summed E-state index contributed by atoms with van der Waals surface area (Å²) in [5.41, 5.74) is 1.39. The van der Waals surface area contributed by atoms with Crippen LogP contribution in [0.5, 0.6) is 5.75 Å². The molecule has 2 heterocycles. The molecule has 1 aliphatic heterocycles. The fourth-order valence-electron chi connectivity index (χ4n) is 4.43. The van der Waals surface area contributed by atoms with E-state index in [9.17, 15) is 18.3 Å². The van der Waals surface area contributed by atoms with Crippen LogP contribution in [0.3, 0.4) is 0 Å². The van der Waals surface area contributed by atoms with Crippen molar-refractivity contribution < 1.29 is 23.1 Å². The molecule has 1 fully saturated rings. The molecule has 0 spiro atoms. The zero-order valence-corrected chi connectivity index (χ0v) is 21.7. The van der Waals surface area contributed by atoms with Gasteiger partial charge in [0.1, 0.15) is 16.7 Å². The molecule has 192 valence electrons. The Balaban J connectivity index is 1.71. The summed E-state index contributed by atoms with van der Waals surface area (Å²) in [6, 6.07) is 7.79. The lowest BCUT2D eigenvalue weighted by Gasteiger charge is -2.38. The molecule has 2 aromatic rings. The van der Waals surface area contributed by atoms with Crippen LogP contribution in [-0.2, 0) is 14.8 Å². The summed E-state index contributed by atoms with van der Waals surface area (Å²) in [5.74, 6) is 6.25. The van der Waals surface area contributed by atoms with Crippen LogP contribution >= 0.6 is 0 Å². The van der Waals surface area contributed by atoms with E-state index in [1.54, 1.807) is 55.5 Å². The number of aliphatic hydroxyl groups is 1. The SMILES string of the molecule is C[C@H](CO)N1C[C@H](C)[C@H](CN(C)C(=O)C2CCC2)Oc2cc(C#Cc3ccncc3)ccc2S1(=O)=O. The van der Waals surface area contributed by atoms with Gasteiger partial charge in [-0.1, -0.05) is 25.2 Å². The predicted molar refractivity (Wildman–Crippen MR) is 136 cm³/mol. The van der Waals surface area contributed by atoms with Crippen LogP contribution in [0.1, 0.15) is 44.2 Å². The van der Waals surface area contributed by atoms with Gasteiger partial charge < -0.3 is 14.7 Å². The van der Waals surface area contributed by atoms with Crippen LogP contribution in [0, 0.1) is 23.7 Å². The normalized spacial score (nSPS) is 22.4. The monoisotopic (exact) mass is 511 g/mol. The van der Waals surface area contributed by atoms with Crippen molar-refractivity contribution in [1.82, 2.24) is 14.2 Å². The van der Waals surface area contributed by atoms with Gasteiger partial charge in [-0.2, -0.15) is 4.31 Å². The summed E-state index contributed by atoms with van der Waals surface area (Å²) in [6.07, 6.45) is 5.77. The molecule has 2 aliphatic rings. The van der Waals surface area contributed by atoms with Crippen molar-refractivity contribution in [2.24, 2.45) is 11.8 Å². The van der Waals surface area contributed by atoms with Crippen molar-refractivity contribution in [3.8, 4) is 17.6 Å². The fourth-order valence-corrected chi connectivity index (χ4v) is 6.25. The lowest BCUT2D eigenvalue weighted by atomic mass is 9.84.